The highest BCUT2D eigenvalue weighted by Crippen LogP contribution is 2.38. The third-order valence-corrected chi connectivity index (χ3v) is 6.86. The van der Waals surface area contributed by atoms with Crippen LogP contribution in [0.25, 0.3) is 0 Å². The summed E-state index contributed by atoms with van der Waals surface area (Å²) < 4.78 is 79.2. The number of nitrogens with zero attached hydrogens (tertiary/aromatic N) is 2. The van der Waals surface area contributed by atoms with Gasteiger partial charge in [-0.15, -0.1) is 11.3 Å². The maximum Gasteiger partial charge on any atom is 0.416 e. The first-order valence-electron chi connectivity index (χ1n) is 11.2. The van der Waals surface area contributed by atoms with Crippen LogP contribution >= 0.6 is 22.9 Å². The second kappa shape index (κ2) is 11.7. The maximum absolute atomic E-state index is 13.2. The van der Waals surface area contributed by atoms with E-state index in [0.29, 0.717) is 46.1 Å². The molecule has 6 nitrogen and oxygen atoms in total. The number of nitro groups is 1. The summed E-state index contributed by atoms with van der Waals surface area (Å²) in [7, 11) is 0. The molecule has 0 aliphatic carbocycles. The molecule has 1 unspecified atom stereocenters. The van der Waals surface area contributed by atoms with Crippen molar-refractivity contribution in [1.29, 1.82) is 0 Å². The number of aromatic nitrogens is 1. The molecule has 0 fully saturated rings. The second-order valence-electron chi connectivity index (χ2n) is 8.30. The number of thiazole rings is 1. The van der Waals surface area contributed by atoms with Crippen LogP contribution in [0.1, 0.15) is 63.3 Å². The minimum atomic E-state index is -5.12. The summed E-state index contributed by atoms with van der Waals surface area (Å²) in [5.74, 6) is -2.01. The van der Waals surface area contributed by atoms with E-state index in [-0.39, 0.29) is 11.2 Å². The fraction of sp³-hybridized carbons (Fsp3) is 0.333. The van der Waals surface area contributed by atoms with Gasteiger partial charge in [0.05, 0.1) is 22.7 Å². The van der Waals surface area contributed by atoms with E-state index in [1.807, 2.05) is 6.92 Å². The number of carbonyl (C=O) groups is 1. The zero-order chi connectivity index (χ0) is 28.3. The Bertz CT molecular complexity index is 1280. The molecule has 0 aliphatic rings. The lowest BCUT2D eigenvalue weighted by atomic mass is 9.95. The molecule has 3 aromatic rings. The Kier molecular flexibility index (Phi) is 9.03. The van der Waals surface area contributed by atoms with Gasteiger partial charge in [-0.25, -0.2) is 4.98 Å². The molecule has 1 aromatic heterocycles. The van der Waals surface area contributed by atoms with Crippen molar-refractivity contribution in [2.75, 3.05) is 11.9 Å². The number of carbonyl (C=O) groups excluding carboxylic acids is 1. The summed E-state index contributed by atoms with van der Waals surface area (Å²) in [4.78, 5) is 28.5. The molecule has 14 heteroatoms. The lowest BCUT2D eigenvalue weighted by molar-refractivity contribution is -0.481. The Morgan fingerprint density at radius 2 is 1.66 bits per heavy atom. The van der Waals surface area contributed by atoms with Gasteiger partial charge in [-0.3, -0.25) is 20.2 Å². The quantitative estimate of drug-likeness (QED) is 0.159. The minimum Gasteiger partial charge on any atom is -0.298 e. The number of amides is 1. The zero-order valence-corrected chi connectivity index (χ0v) is 21.2. The molecule has 0 spiro atoms. The Morgan fingerprint density at radius 1 is 1.08 bits per heavy atom. The van der Waals surface area contributed by atoms with Gasteiger partial charge >= 0.3 is 12.4 Å². The largest absolute Gasteiger partial charge is 0.416 e. The van der Waals surface area contributed by atoms with Crippen LogP contribution in [0.15, 0.2) is 42.5 Å². The first kappa shape index (κ1) is 29.4. The summed E-state index contributed by atoms with van der Waals surface area (Å²) in [6.07, 6.45) is -8.44. The van der Waals surface area contributed by atoms with E-state index in [2.05, 4.69) is 10.3 Å². The lowest BCUT2D eigenvalue weighted by Crippen LogP contribution is -2.17. The molecule has 0 bridgehead atoms. The fourth-order valence-electron chi connectivity index (χ4n) is 3.65. The number of alkyl halides is 6. The summed E-state index contributed by atoms with van der Waals surface area (Å²) in [6, 6.07) is 6.91. The predicted molar refractivity (Wildman–Crippen MR) is 130 cm³/mol. The third-order valence-electron chi connectivity index (χ3n) is 5.49. The van der Waals surface area contributed by atoms with E-state index in [9.17, 15) is 41.3 Å². The molecule has 1 amide bonds. The summed E-state index contributed by atoms with van der Waals surface area (Å²) in [5.41, 5.74) is -3.13. The number of halogens is 7. The van der Waals surface area contributed by atoms with Gasteiger partial charge in [0.15, 0.2) is 5.13 Å². The summed E-state index contributed by atoms with van der Waals surface area (Å²) >= 11 is 6.81. The molecule has 0 saturated carbocycles. The van der Waals surface area contributed by atoms with E-state index < -0.39 is 52.3 Å². The van der Waals surface area contributed by atoms with Crippen molar-refractivity contribution in [2.24, 2.45) is 0 Å². The number of benzene rings is 2. The number of rotatable bonds is 9. The van der Waals surface area contributed by atoms with Crippen molar-refractivity contribution in [1.82, 2.24) is 4.98 Å². The van der Waals surface area contributed by atoms with Crippen LogP contribution in [0.4, 0.5) is 31.5 Å². The van der Waals surface area contributed by atoms with Crippen LogP contribution in [0, 0.1) is 10.1 Å². The monoisotopic (exact) mass is 579 g/mol. The molecule has 2 aromatic carbocycles. The molecule has 204 valence electrons. The number of hydrogen-bond donors (Lipinski definition) is 1. The average Bonchev–Trinajstić information content (AvgIpc) is 3.22. The van der Waals surface area contributed by atoms with E-state index in [4.69, 9.17) is 11.6 Å². The van der Waals surface area contributed by atoms with Crippen LogP contribution < -0.4 is 5.32 Å². The van der Waals surface area contributed by atoms with Gasteiger partial charge in [-0.05, 0) is 48.7 Å². The SMILES string of the molecule is CCCCc1nc(NC(=O)c2cc(C(F)(F)F)cc(C(F)(F)F)c2)sc1C(C[N+](=O)[O-])c1ccc(Cl)cc1. The predicted octanol–water partition coefficient (Wildman–Crippen LogP) is 7.84. The highest BCUT2D eigenvalue weighted by atomic mass is 35.5. The topological polar surface area (TPSA) is 85.1 Å². The summed E-state index contributed by atoms with van der Waals surface area (Å²) in [6.45, 7) is 1.40. The van der Waals surface area contributed by atoms with Crippen molar-refractivity contribution in [2.45, 2.75) is 44.5 Å². The molecule has 0 saturated heterocycles. The van der Waals surface area contributed by atoms with Gasteiger partial charge in [0.1, 0.15) is 0 Å². The molecule has 3 rings (SSSR count). The van der Waals surface area contributed by atoms with Gasteiger partial charge in [-0.2, -0.15) is 26.3 Å². The van der Waals surface area contributed by atoms with Crippen LogP contribution in [-0.4, -0.2) is 22.4 Å². The van der Waals surface area contributed by atoms with E-state index in [0.717, 1.165) is 17.8 Å². The van der Waals surface area contributed by atoms with Gasteiger partial charge in [-0.1, -0.05) is 37.1 Å². The Balaban J connectivity index is 2.02. The third kappa shape index (κ3) is 7.44. The molecular formula is C24H20ClF6N3O3S. The van der Waals surface area contributed by atoms with Crippen LogP contribution in [-0.2, 0) is 18.8 Å². The van der Waals surface area contributed by atoms with Crippen molar-refractivity contribution in [3.05, 3.63) is 90.4 Å². The van der Waals surface area contributed by atoms with Gasteiger partial charge in [0.2, 0.25) is 6.54 Å². The molecule has 0 aliphatic heterocycles. The molecule has 1 heterocycles. The Labute approximate surface area is 221 Å². The van der Waals surface area contributed by atoms with E-state index in [1.54, 1.807) is 24.3 Å². The zero-order valence-electron chi connectivity index (χ0n) is 19.6. The van der Waals surface area contributed by atoms with Gasteiger partial charge < -0.3 is 0 Å². The normalized spacial score (nSPS) is 12.8. The van der Waals surface area contributed by atoms with Crippen molar-refractivity contribution < 1.29 is 36.1 Å². The minimum absolute atomic E-state index is 0.0740. The maximum atomic E-state index is 13.2. The Morgan fingerprint density at radius 3 is 2.16 bits per heavy atom. The number of nitrogens with one attached hydrogen (secondary N) is 1. The number of anilines is 1. The van der Waals surface area contributed by atoms with Crippen LogP contribution in [0.2, 0.25) is 5.02 Å². The Hall–Kier alpha value is -3.19. The van der Waals surface area contributed by atoms with Gasteiger partial charge in [0.25, 0.3) is 5.91 Å². The molecule has 1 atom stereocenters. The first-order valence-corrected chi connectivity index (χ1v) is 12.4. The number of hydrogen-bond acceptors (Lipinski definition) is 5. The van der Waals surface area contributed by atoms with Gasteiger partial charge in [0, 0.05) is 20.4 Å². The van der Waals surface area contributed by atoms with Crippen molar-refractivity contribution in [3.63, 3.8) is 0 Å². The molecule has 0 radical (unpaired) electrons. The summed E-state index contributed by atoms with van der Waals surface area (Å²) in [5, 5.41) is 14.0. The standard InChI is InChI=1S/C24H20ClF6N3O3S/c1-2-3-4-19-20(18(12-34(36)37)13-5-7-17(25)8-6-13)38-22(32-19)33-21(35)14-9-15(23(26,27)28)11-16(10-14)24(29,30)31/h5-11,18H,2-4,12H2,1H3,(H,32,33,35). The smallest absolute Gasteiger partial charge is 0.298 e. The van der Waals surface area contributed by atoms with Crippen molar-refractivity contribution in [3.8, 4) is 0 Å². The fourth-order valence-corrected chi connectivity index (χ4v) is 4.90. The first-order chi connectivity index (χ1) is 17.7. The van der Waals surface area contributed by atoms with Crippen LogP contribution in [0.5, 0.6) is 0 Å². The molecule has 1 N–H and O–H groups in total. The highest BCUT2D eigenvalue weighted by molar-refractivity contribution is 7.16. The highest BCUT2D eigenvalue weighted by Gasteiger charge is 2.37. The molecule has 38 heavy (non-hydrogen) atoms. The second-order valence-corrected chi connectivity index (χ2v) is 9.77. The van der Waals surface area contributed by atoms with E-state index >= 15 is 0 Å². The van der Waals surface area contributed by atoms with Crippen molar-refractivity contribution >= 4 is 34.0 Å². The molecular weight excluding hydrogens is 560 g/mol. The number of unbranched alkanes of at least 4 members (excludes halogenated alkanes) is 1. The number of aryl methyl sites for hydroxylation is 1. The van der Waals surface area contributed by atoms with Crippen LogP contribution in [0.3, 0.4) is 0 Å². The lowest BCUT2D eigenvalue weighted by Gasteiger charge is -2.14. The van der Waals surface area contributed by atoms with E-state index in [1.165, 1.54) is 0 Å². The average molecular weight is 580 g/mol.